The lowest BCUT2D eigenvalue weighted by atomic mass is 9.76. The third kappa shape index (κ3) is 2.51. The molecule has 1 saturated carbocycles. The standard InChI is InChI=1S/C18H14F6O3/c1-11-3-5-13(6-4-11)26-17(23)15(19,20)16(21,22)18(17,24)27-14-9-7-12(25-2)8-10-14/h3-10H,1-2H3. The molecule has 1 aliphatic carbocycles. The zero-order chi connectivity index (χ0) is 20.1. The van der Waals surface area contributed by atoms with Crippen molar-refractivity contribution >= 4 is 0 Å². The molecular formula is C18H14F6O3. The van der Waals surface area contributed by atoms with Crippen LogP contribution in [0.25, 0.3) is 0 Å². The van der Waals surface area contributed by atoms with Crippen LogP contribution in [-0.4, -0.2) is 30.7 Å². The summed E-state index contributed by atoms with van der Waals surface area (Å²) in [7, 11) is 1.31. The number of ether oxygens (including phenoxy) is 3. The molecule has 3 rings (SSSR count). The molecule has 2 aromatic carbocycles. The van der Waals surface area contributed by atoms with E-state index in [1.165, 1.54) is 31.4 Å². The molecule has 146 valence electrons. The van der Waals surface area contributed by atoms with Crippen LogP contribution in [0.1, 0.15) is 5.56 Å². The largest absolute Gasteiger partial charge is 0.497 e. The monoisotopic (exact) mass is 392 g/mol. The minimum atomic E-state index is -5.47. The fraction of sp³-hybridized carbons (Fsp3) is 0.333. The van der Waals surface area contributed by atoms with Gasteiger partial charge in [-0.3, -0.25) is 0 Å². The molecule has 2 atom stereocenters. The van der Waals surface area contributed by atoms with Crippen molar-refractivity contribution in [3.63, 3.8) is 0 Å². The molecule has 1 fully saturated rings. The molecular weight excluding hydrogens is 378 g/mol. The van der Waals surface area contributed by atoms with Crippen molar-refractivity contribution in [2.75, 3.05) is 7.11 Å². The summed E-state index contributed by atoms with van der Waals surface area (Å²) in [5.41, 5.74) is 0.668. The Morgan fingerprint density at radius 3 is 1.30 bits per heavy atom. The molecule has 0 aliphatic heterocycles. The molecule has 0 aromatic heterocycles. The van der Waals surface area contributed by atoms with Gasteiger partial charge in [0.05, 0.1) is 7.11 Å². The van der Waals surface area contributed by atoms with Gasteiger partial charge < -0.3 is 14.2 Å². The van der Waals surface area contributed by atoms with E-state index < -0.39 is 35.1 Å². The average Bonchev–Trinajstić information content (AvgIpc) is 2.63. The first kappa shape index (κ1) is 19.2. The number of halogens is 6. The van der Waals surface area contributed by atoms with E-state index in [1.807, 2.05) is 0 Å². The lowest BCUT2D eigenvalue weighted by Crippen LogP contribution is -2.89. The number of rotatable bonds is 5. The van der Waals surface area contributed by atoms with Gasteiger partial charge in [0.25, 0.3) is 0 Å². The minimum Gasteiger partial charge on any atom is -0.497 e. The van der Waals surface area contributed by atoms with Gasteiger partial charge in [0.2, 0.25) is 0 Å². The molecule has 0 spiro atoms. The molecule has 27 heavy (non-hydrogen) atoms. The van der Waals surface area contributed by atoms with Crippen LogP contribution in [0.2, 0.25) is 0 Å². The van der Waals surface area contributed by atoms with Gasteiger partial charge in [-0.15, -0.1) is 0 Å². The van der Waals surface area contributed by atoms with E-state index >= 15 is 0 Å². The highest BCUT2D eigenvalue weighted by atomic mass is 19.3. The SMILES string of the molecule is COc1ccc(OC2(F)C(F)(F)C(F)(F)C2(F)Oc2ccc(C)cc2)cc1. The fourth-order valence-electron chi connectivity index (χ4n) is 2.58. The Balaban J connectivity index is 1.97. The van der Waals surface area contributed by atoms with E-state index in [1.54, 1.807) is 6.92 Å². The van der Waals surface area contributed by atoms with E-state index in [-0.39, 0.29) is 5.75 Å². The highest BCUT2D eigenvalue weighted by Gasteiger charge is 3.03. The highest BCUT2D eigenvalue weighted by molar-refractivity contribution is 5.36. The molecule has 0 amide bonds. The van der Waals surface area contributed by atoms with Crippen LogP contribution in [0.4, 0.5) is 26.3 Å². The van der Waals surface area contributed by atoms with Crippen molar-refractivity contribution in [3.05, 3.63) is 54.1 Å². The van der Waals surface area contributed by atoms with Gasteiger partial charge in [-0.2, -0.15) is 26.3 Å². The van der Waals surface area contributed by atoms with Crippen LogP contribution < -0.4 is 14.2 Å². The van der Waals surface area contributed by atoms with Gasteiger partial charge in [-0.25, -0.2) is 0 Å². The molecule has 1 aliphatic rings. The second-order valence-corrected chi connectivity index (χ2v) is 6.03. The number of alkyl halides is 6. The molecule has 2 unspecified atom stereocenters. The van der Waals surface area contributed by atoms with Crippen molar-refractivity contribution in [1.29, 1.82) is 0 Å². The maximum Gasteiger partial charge on any atom is 0.395 e. The summed E-state index contributed by atoms with van der Waals surface area (Å²) in [6.07, 6.45) is 0. The maximum absolute atomic E-state index is 14.9. The summed E-state index contributed by atoms with van der Waals surface area (Å²) in [5, 5.41) is 0. The Morgan fingerprint density at radius 2 is 0.926 bits per heavy atom. The van der Waals surface area contributed by atoms with Crippen LogP contribution in [-0.2, 0) is 0 Å². The zero-order valence-corrected chi connectivity index (χ0v) is 14.1. The predicted molar refractivity (Wildman–Crippen MR) is 83.0 cm³/mol. The van der Waals surface area contributed by atoms with Crippen LogP contribution in [0.3, 0.4) is 0 Å². The molecule has 3 nitrogen and oxygen atoms in total. The number of hydrogen-bond donors (Lipinski definition) is 0. The normalized spacial score (nSPS) is 28.1. The van der Waals surface area contributed by atoms with Crippen LogP contribution >= 0.6 is 0 Å². The summed E-state index contributed by atoms with van der Waals surface area (Å²) < 4.78 is 98.7. The first-order chi connectivity index (χ1) is 12.5. The number of methoxy groups -OCH3 is 1. The van der Waals surface area contributed by atoms with Crippen molar-refractivity contribution in [1.82, 2.24) is 0 Å². The number of aryl methyl sites for hydroxylation is 1. The van der Waals surface area contributed by atoms with Crippen LogP contribution in [0.15, 0.2) is 48.5 Å². The van der Waals surface area contributed by atoms with Crippen LogP contribution in [0, 0.1) is 6.92 Å². The van der Waals surface area contributed by atoms with Crippen molar-refractivity contribution < 1.29 is 40.6 Å². The second kappa shape index (κ2) is 5.97. The van der Waals surface area contributed by atoms with Gasteiger partial charge in [0, 0.05) is 0 Å². The smallest absolute Gasteiger partial charge is 0.395 e. The van der Waals surface area contributed by atoms with Crippen molar-refractivity contribution in [2.45, 2.75) is 30.5 Å². The number of benzene rings is 2. The van der Waals surface area contributed by atoms with Gasteiger partial charge in [-0.1, -0.05) is 17.7 Å². The summed E-state index contributed by atoms with van der Waals surface area (Å²) in [6, 6.07) is 9.17. The zero-order valence-electron chi connectivity index (χ0n) is 14.1. The number of hydrogen-bond acceptors (Lipinski definition) is 3. The average molecular weight is 392 g/mol. The van der Waals surface area contributed by atoms with E-state index in [9.17, 15) is 26.3 Å². The van der Waals surface area contributed by atoms with E-state index in [0.717, 1.165) is 24.3 Å². The first-order valence-electron chi connectivity index (χ1n) is 7.71. The minimum absolute atomic E-state index is 0.267. The lowest BCUT2D eigenvalue weighted by Gasteiger charge is -2.55. The maximum atomic E-state index is 14.9. The van der Waals surface area contributed by atoms with Gasteiger partial charge in [0.15, 0.2) is 0 Å². The summed E-state index contributed by atoms with van der Waals surface area (Å²) >= 11 is 0. The first-order valence-corrected chi connectivity index (χ1v) is 7.71. The second-order valence-electron chi connectivity index (χ2n) is 6.03. The molecule has 0 radical (unpaired) electrons. The van der Waals surface area contributed by atoms with Gasteiger partial charge >= 0.3 is 23.6 Å². The third-order valence-corrected chi connectivity index (χ3v) is 4.21. The lowest BCUT2D eigenvalue weighted by molar-refractivity contribution is -0.527. The highest BCUT2D eigenvalue weighted by Crippen LogP contribution is 2.68. The molecule has 9 heteroatoms. The third-order valence-electron chi connectivity index (χ3n) is 4.21. The van der Waals surface area contributed by atoms with Gasteiger partial charge in [-0.05, 0) is 43.3 Å². The Labute approximate surface area is 150 Å². The Hall–Kier alpha value is -2.58. The summed E-state index contributed by atoms with van der Waals surface area (Å²) in [6.45, 7) is 1.65. The van der Waals surface area contributed by atoms with Crippen molar-refractivity contribution in [2.24, 2.45) is 0 Å². The Morgan fingerprint density at radius 1 is 0.593 bits per heavy atom. The molecule has 0 saturated heterocycles. The summed E-state index contributed by atoms with van der Waals surface area (Å²) in [5.74, 6) is -21.3. The van der Waals surface area contributed by atoms with Crippen LogP contribution in [0.5, 0.6) is 17.2 Å². The van der Waals surface area contributed by atoms with E-state index in [4.69, 9.17) is 4.74 Å². The summed E-state index contributed by atoms with van der Waals surface area (Å²) in [4.78, 5) is 0. The van der Waals surface area contributed by atoms with Crippen molar-refractivity contribution in [3.8, 4) is 17.2 Å². The van der Waals surface area contributed by atoms with Gasteiger partial charge in [0.1, 0.15) is 17.2 Å². The Bertz CT molecular complexity index is 824. The van der Waals surface area contributed by atoms with E-state index in [2.05, 4.69) is 9.47 Å². The van der Waals surface area contributed by atoms with E-state index in [0.29, 0.717) is 5.56 Å². The predicted octanol–water partition coefficient (Wildman–Crippen LogP) is 5.08. The molecule has 0 N–H and O–H groups in total. The quantitative estimate of drug-likeness (QED) is 0.665. The Kier molecular flexibility index (Phi) is 4.24. The molecule has 2 aromatic rings. The topological polar surface area (TPSA) is 27.7 Å². The molecule has 0 heterocycles. The fourth-order valence-corrected chi connectivity index (χ4v) is 2.58. The molecule has 0 bridgehead atoms.